The Morgan fingerprint density at radius 2 is 1.79 bits per heavy atom. The van der Waals surface area contributed by atoms with Gasteiger partial charge in [-0.25, -0.2) is 8.78 Å². The number of anilines is 2. The first-order valence-corrected chi connectivity index (χ1v) is 9.72. The van der Waals surface area contributed by atoms with Gasteiger partial charge in [-0.15, -0.1) is 0 Å². The monoisotopic (exact) mass is 385 g/mol. The van der Waals surface area contributed by atoms with E-state index in [-0.39, 0.29) is 17.7 Å². The molecule has 2 atom stereocenters. The topological polar surface area (TPSA) is 35.6 Å². The number of likely N-dealkylation sites (N-methyl/N-ethyl adjacent to an activating group) is 1. The third-order valence-corrected chi connectivity index (χ3v) is 5.81. The lowest BCUT2D eigenvalue weighted by Gasteiger charge is -2.35. The minimum Gasteiger partial charge on any atom is -0.369 e. The Morgan fingerprint density at radius 1 is 1.04 bits per heavy atom. The molecular formula is C22H25F2N3O. The number of carbonyl (C=O) groups is 1. The molecule has 0 bridgehead atoms. The van der Waals surface area contributed by atoms with Crippen molar-refractivity contribution in [3.05, 3.63) is 59.2 Å². The first-order chi connectivity index (χ1) is 13.4. The third-order valence-electron chi connectivity index (χ3n) is 5.81. The number of aryl methyl sites for hydroxylation is 1. The summed E-state index contributed by atoms with van der Waals surface area (Å²) in [4.78, 5) is 17.2. The Bertz CT molecular complexity index is 893. The maximum absolute atomic E-state index is 13.4. The summed E-state index contributed by atoms with van der Waals surface area (Å²) in [5.41, 5.74) is 3.80. The van der Waals surface area contributed by atoms with Crippen LogP contribution in [0.2, 0.25) is 0 Å². The number of benzene rings is 2. The summed E-state index contributed by atoms with van der Waals surface area (Å²) in [6.45, 7) is 6.16. The van der Waals surface area contributed by atoms with Crippen LogP contribution in [0.1, 0.15) is 23.5 Å². The number of rotatable bonds is 4. The molecule has 1 amide bonds. The van der Waals surface area contributed by atoms with E-state index in [1.807, 2.05) is 12.1 Å². The SMILES string of the molecule is Cc1cc(NC(=O)C2CC2c2ccc(F)c(F)c2)ccc1N1CCN(C)CC1. The predicted octanol–water partition coefficient (Wildman–Crippen LogP) is 3.77. The number of halogens is 2. The van der Waals surface area contributed by atoms with Crippen LogP contribution in [0.15, 0.2) is 36.4 Å². The van der Waals surface area contributed by atoms with Crippen LogP contribution < -0.4 is 10.2 Å². The van der Waals surface area contributed by atoms with Crippen molar-refractivity contribution < 1.29 is 13.6 Å². The van der Waals surface area contributed by atoms with E-state index >= 15 is 0 Å². The Kier molecular flexibility index (Phi) is 5.06. The van der Waals surface area contributed by atoms with Gasteiger partial charge in [0.25, 0.3) is 0 Å². The highest BCUT2D eigenvalue weighted by Gasteiger charge is 2.44. The third kappa shape index (κ3) is 3.87. The van der Waals surface area contributed by atoms with Gasteiger partial charge in [0.1, 0.15) is 0 Å². The van der Waals surface area contributed by atoms with Crippen molar-refractivity contribution in [2.24, 2.45) is 5.92 Å². The molecule has 2 aliphatic rings. The molecule has 1 aliphatic heterocycles. The number of hydrogen-bond donors (Lipinski definition) is 1. The van der Waals surface area contributed by atoms with Crippen LogP contribution >= 0.6 is 0 Å². The molecule has 1 heterocycles. The molecule has 148 valence electrons. The van der Waals surface area contributed by atoms with E-state index < -0.39 is 11.6 Å². The second-order valence-corrected chi connectivity index (χ2v) is 7.90. The summed E-state index contributed by atoms with van der Waals surface area (Å²) in [7, 11) is 2.13. The molecule has 1 saturated heterocycles. The largest absolute Gasteiger partial charge is 0.369 e. The number of nitrogens with one attached hydrogen (secondary N) is 1. The molecule has 0 aromatic heterocycles. The lowest BCUT2D eigenvalue weighted by atomic mass is 10.1. The van der Waals surface area contributed by atoms with Gasteiger partial charge < -0.3 is 15.1 Å². The van der Waals surface area contributed by atoms with Gasteiger partial charge in [0.15, 0.2) is 11.6 Å². The zero-order valence-corrected chi connectivity index (χ0v) is 16.2. The van der Waals surface area contributed by atoms with Crippen molar-refractivity contribution in [1.82, 2.24) is 4.90 Å². The summed E-state index contributed by atoms with van der Waals surface area (Å²) < 4.78 is 26.5. The van der Waals surface area contributed by atoms with Crippen LogP contribution in [-0.2, 0) is 4.79 Å². The van der Waals surface area contributed by atoms with Crippen LogP contribution in [0.3, 0.4) is 0 Å². The Morgan fingerprint density at radius 3 is 2.46 bits per heavy atom. The standard InChI is InChI=1S/C22H25F2N3O/c1-14-11-16(4-6-21(14)27-9-7-26(2)8-10-27)25-22(28)18-13-17(18)15-3-5-19(23)20(24)12-15/h3-6,11-12,17-18H,7-10,13H2,1-2H3,(H,25,28). The van der Waals surface area contributed by atoms with Crippen LogP contribution in [0.25, 0.3) is 0 Å². The zero-order valence-electron chi connectivity index (χ0n) is 16.2. The van der Waals surface area contributed by atoms with E-state index in [1.165, 1.54) is 11.8 Å². The van der Waals surface area contributed by atoms with Crippen molar-refractivity contribution in [2.45, 2.75) is 19.3 Å². The van der Waals surface area contributed by atoms with Gasteiger partial charge in [0, 0.05) is 43.5 Å². The molecule has 1 N–H and O–H groups in total. The van der Waals surface area contributed by atoms with Crippen molar-refractivity contribution >= 4 is 17.3 Å². The van der Waals surface area contributed by atoms with Crippen LogP contribution in [0, 0.1) is 24.5 Å². The fraction of sp³-hybridized carbons (Fsp3) is 0.409. The zero-order chi connectivity index (χ0) is 19.8. The molecule has 1 aliphatic carbocycles. The minimum atomic E-state index is -0.862. The fourth-order valence-electron chi connectivity index (χ4n) is 3.97. The van der Waals surface area contributed by atoms with E-state index in [4.69, 9.17) is 0 Å². The number of carbonyl (C=O) groups excluding carboxylic acids is 1. The number of piperazine rings is 1. The van der Waals surface area contributed by atoms with E-state index in [1.54, 1.807) is 6.07 Å². The van der Waals surface area contributed by atoms with Gasteiger partial charge in [0.2, 0.25) is 5.91 Å². The van der Waals surface area contributed by atoms with Crippen LogP contribution in [-0.4, -0.2) is 44.0 Å². The summed E-state index contributed by atoms with van der Waals surface area (Å²) in [6.07, 6.45) is 0.662. The quantitative estimate of drug-likeness (QED) is 0.870. The fourth-order valence-corrected chi connectivity index (χ4v) is 3.97. The van der Waals surface area contributed by atoms with Gasteiger partial charge in [-0.2, -0.15) is 0 Å². The van der Waals surface area contributed by atoms with Crippen LogP contribution in [0.5, 0.6) is 0 Å². The second-order valence-electron chi connectivity index (χ2n) is 7.90. The van der Waals surface area contributed by atoms with Gasteiger partial charge >= 0.3 is 0 Å². The van der Waals surface area contributed by atoms with Crippen molar-refractivity contribution in [3.8, 4) is 0 Å². The molecule has 0 spiro atoms. The summed E-state index contributed by atoms with van der Waals surface area (Å²) in [5.74, 6) is -2.02. The predicted molar refractivity (Wildman–Crippen MR) is 107 cm³/mol. The summed E-state index contributed by atoms with van der Waals surface area (Å²) in [6, 6.07) is 9.88. The van der Waals surface area contributed by atoms with E-state index in [9.17, 15) is 13.6 Å². The Labute approximate surface area is 164 Å². The van der Waals surface area contributed by atoms with Gasteiger partial charge in [-0.3, -0.25) is 4.79 Å². The van der Waals surface area contributed by atoms with E-state index in [0.29, 0.717) is 12.0 Å². The number of hydrogen-bond acceptors (Lipinski definition) is 3. The molecule has 2 aromatic rings. The molecule has 2 fully saturated rings. The molecule has 1 saturated carbocycles. The van der Waals surface area contributed by atoms with Gasteiger partial charge in [0.05, 0.1) is 0 Å². The lowest BCUT2D eigenvalue weighted by molar-refractivity contribution is -0.117. The molecule has 2 unspecified atom stereocenters. The average molecular weight is 385 g/mol. The maximum Gasteiger partial charge on any atom is 0.228 e. The lowest BCUT2D eigenvalue weighted by Crippen LogP contribution is -2.44. The van der Waals surface area contributed by atoms with Crippen molar-refractivity contribution in [1.29, 1.82) is 0 Å². The van der Waals surface area contributed by atoms with Gasteiger partial charge in [-0.05, 0) is 67.8 Å². The highest BCUT2D eigenvalue weighted by atomic mass is 19.2. The molecule has 2 aromatic carbocycles. The smallest absolute Gasteiger partial charge is 0.228 e. The highest BCUT2D eigenvalue weighted by molar-refractivity contribution is 5.95. The number of amides is 1. The highest BCUT2D eigenvalue weighted by Crippen LogP contribution is 2.48. The molecule has 6 heteroatoms. The molecule has 4 rings (SSSR count). The van der Waals surface area contributed by atoms with Crippen LogP contribution in [0.4, 0.5) is 20.2 Å². The van der Waals surface area contributed by atoms with Crippen molar-refractivity contribution in [3.63, 3.8) is 0 Å². The average Bonchev–Trinajstić information content (AvgIpc) is 3.46. The van der Waals surface area contributed by atoms with Gasteiger partial charge in [-0.1, -0.05) is 6.07 Å². The molecular weight excluding hydrogens is 360 g/mol. The first kappa shape index (κ1) is 18.9. The molecule has 0 radical (unpaired) electrons. The van der Waals surface area contributed by atoms with Crippen molar-refractivity contribution in [2.75, 3.05) is 43.4 Å². The summed E-state index contributed by atoms with van der Waals surface area (Å²) in [5, 5.41) is 2.97. The minimum absolute atomic E-state index is 0.0409. The Hall–Kier alpha value is -2.47. The number of nitrogens with zero attached hydrogens (tertiary/aromatic N) is 2. The first-order valence-electron chi connectivity index (χ1n) is 9.72. The molecule has 4 nitrogen and oxygen atoms in total. The van der Waals surface area contributed by atoms with E-state index in [2.05, 4.69) is 35.2 Å². The second kappa shape index (κ2) is 7.51. The molecule has 28 heavy (non-hydrogen) atoms. The van der Waals surface area contributed by atoms with E-state index in [0.717, 1.165) is 43.5 Å². The summed E-state index contributed by atoms with van der Waals surface area (Å²) >= 11 is 0. The normalized spacial score (nSPS) is 22.2. The Balaban J connectivity index is 1.38. The maximum atomic E-state index is 13.4.